The van der Waals surface area contributed by atoms with Gasteiger partial charge in [0.05, 0.1) is 12.0 Å². The molecule has 3 N–H and O–H groups in total. The van der Waals surface area contributed by atoms with E-state index in [0.717, 1.165) is 32.5 Å². The molecule has 0 unspecified atom stereocenters. The second kappa shape index (κ2) is 7.00. The standard InChI is InChI=1S/C11H20N4O/c1-2-6-15-9-14-8-10(15)7-13-5-3-4-11(12)16/h8-9,13H,2-7H2,1H3,(H2,12,16). The summed E-state index contributed by atoms with van der Waals surface area (Å²) in [5, 5.41) is 3.27. The third kappa shape index (κ3) is 4.44. The summed E-state index contributed by atoms with van der Waals surface area (Å²) in [6.45, 7) is 4.74. The lowest BCUT2D eigenvalue weighted by molar-refractivity contribution is -0.118. The number of aryl methyl sites for hydroxylation is 1. The van der Waals surface area contributed by atoms with Crippen molar-refractivity contribution < 1.29 is 4.79 Å². The van der Waals surface area contributed by atoms with E-state index in [1.807, 2.05) is 12.5 Å². The first-order chi connectivity index (χ1) is 7.74. The van der Waals surface area contributed by atoms with Crippen molar-refractivity contribution in [1.82, 2.24) is 14.9 Å². The zero-order valence-corrected chi connectivity index (χ0v) is 9.78. The Morgan fingerprint density at radius 2 is 2.44 bits per heavy atom. The lowest BCUT2D eigenvalue weighted by Gasteiger charge is -2.07. The predicted molar refractivity (Wildman–Crippen MR) is 62.7 cm³/mol. The summed E-state index contributed by atoms with van der Waals surface area (Å²) in [6.07, 6.45) is 6.06. The summed E-state index contributed by atoms with van der Waals surface area (Å²) in [5.74, 6) is -0.238. The van der Waals surface area contributed by atoms with Crippen LogP contribution in [0.3, 0.4) is 0 Å². The van der Waals surface area contributed by atoms with Crippen LogP contribution in [0.15, 0.2) is 12.5 Å². The average molecular weight is 224 g/mol. The number of nitrogens with zero attached hydrogens (tertiary/aromatic N) is 2. The second-order valence-corrected chi connectivity index (χ2v) is 3.83. The summed E-state index contributed by atoms with van der Waals surface area (Å²) in [7, 11) is 0. The lowest BCUT2D eigenvalue weighted by Crippen LogP contribution is -2.19. The number of nitrogens with two attached hydrogens (primary N) is 1. The smallest absolute Gasteiger partial charge is 0.217 e. The Hall–Kier alpha value is -1.36. The first-order valence-corrected chi connectivity index (χ1v) is 5.72. The molecular formula is C11H20N4O. The third-order valence-electron chi connectivity index (χ3n) is 2.35. The number of primary amides is 1. The van der Waals surface area contributed by atoms with Gasteiger partial charge in [0.2, 0.25) is 5.91 Å². The van der Waals surface area contributed by atoms with Gasteiger partial charge in [0.1, 0.15) is 0 Å². The van der Waals surface area contributed by atoms with Gasteiger partial charge in [-0.2, -0.15) is 0 Å². The van der Waals surface area contributed by atoms with Crippen molar-refractivity contribution in [3.63, 3.8) is 0 Å². The highest BCUT2D eigenvalue weighted by Crippen LogP contribution is 2.00. The summed E-state index contributed by atoms with van der Waals surface area (Å²) >= 11 is 0. The van der Waals surface area contributed by atoms with Gasteiger partial charge in [-0.15, -0.1) is 0 Å². The van der Waals surface area contributed by atoms with E-state index in [2.05, 4.69) is 21.8 Å². The Labute approximate surface area is 96.0 Å². The first-order valence-electron chi connectivity index (χ1n) is 5.72. The Balaban J connectivity index is 2.21. The van der Waals surface area contributed by atoms with Gasteiger partial charge in [0.25, 0.3) is 0 Å². The molecule has 1 rings (SSSR count). The van der Waals surface area contributed by atoms with E-state index in [9.17, 15) is 4.79 Å². The Bertz CT molecular complexity index is 322. The maximum absolute atomic E-state index is 10.5. The number of carbonyl (C=O) groups excluding carboxylic acids is 1. The summed E-state index contributed by atoms with van der Waals surface area (Å²) in [5.41, 5.74) is 6.23. The molecule has 0 atom stereocenters. The van der Waals surface area contributed by atoms with Crippen LogP contribution >= 0.6 is 0 Å². The van der Waals surface area contributed by atoms with E-state index in [4.69, 9.17) is 5.73 Å². The average Bonchev–Trinajstić information content (AvgIpc) is 2.65. The van der Waals surface area contributed by atoms with E-state index in [1.165, 1.54) is 5.69 Å². The molecule has 1 aromatic rings. The van der Waals surface area contributed by atoms with E-state index in [0.29, 0.717) is 6.42 Å². The second-order valence-electron chi connectivity index (χ2n) is 3.83. The molecule has 1 heterocycles. The van der Waals surface area contributed by atoms with E-state index in [-0.39, 0.29) is 5.91 Å². The maximum Gasteiger partial charge on any atom is 0.217 e. The lowest BCUT2D eigenvalue weighted by atomic mass is 10.3. The van der Waals surface area contributed by atoms with Gasteiger partial charge >= 0.3 is 0 Å². The quantitative estimate of drug-likeness (QED) is 0.637. The van der Waals surface area contributed by atoms with Crippen molar-refractivity contribution in [3.05, 3.63) is 18.2 Å². The minimum Gasteiger partial charge on any atom is -0.370 e. The monoisotopic (exact) mass is 224 g/mol. The zero-order valence-electron chi connectivity index (χ0n) is 9.78. The number of aromatic nitrogens is 2. The molecule has 5 nitrogen and oxygen atoms in total. The molecule has 1 amide bonds. The van der Waals surface area contributed by atoms with Crippen LogP contribution in [0, 0.1) is 0 Å². The minimum atomic E-state index is -0.238. The number of imidazole rings is 1. The van der Waals surface area contributed by atoms with E-state index < -0.39 is 0 Å². The highest BCUT2D eigenvalue weighted by molar-refractivity contribution is 5.73. The molecule has 0 aliphatic carbocycles. The van der Waals surface area contributed by atoms with Gasteiger partial charge in [0, 0.05) is 25.7 Å². The van der Waals surface area contributed by atoms with Crippen molar-refractivity contribution in [1.29, 1.82) is 0 Å². The fourth-order valence-electron chi connectivity index (χ4n) is 1.54. The number of carbonyl (C=O) groups is 1. The number of nitrogens with one attached hydrogen (secondary N) is 1. The number of amides is 1. The van der Waals surface area contributed by atoms with Gasteiger partial charge < -0.3 is 15.6 Å². The largest absolute Gasteiger partial charge is 0.370 e. The van der Waals surface area contributed by atoms with Crippen molar-refractivity contribution in [3.8, 4) is 0 Å². The van der Waals surface area contributed by atoms with Crippen molar-refractivity contribution in [2.24, 2.45) is 5.73 Å². The molecule has 0 aliphatic rings. The fraction of sp³-hybridized carbons (Fsp3) is 0.636. The fourth-order valence-corrected chi connectivity index (χ4v) is 1.54. The van der Waals surface area contributed by atoms with Crippen molar-refractivity contribution >= 4 is 5.91 Å². The predicted octanol–water partition coefficient (Wildman–Crippen LogP) is 0.648. The molecule has 0 aliphatic heterocycles. The zero-order chi connectivity index (χ0) is 11.8. The minimum absolute atomic E-state index is 0.238. The molecular weight excluding hydrogens is 204 g/mol. The van der Waals surface area contributed by atoms with Crippen LogP contribution in [0.4, 0.5) is 0 Å². The Kier molecular flexibility index (Phi) is 5.56. The molecule has 0 saturated heterocycles. The third-order valence-corrected chi connectivity index (χ3v) is 2.35. The van der Waals surface area contributed by atoms with Crippen LogP contribution in [0.5, 0.6) is 0 Å². The van der Waals surface area contributed by atoms with Gasteiger partial charge in [-0.3, -0.25) is 4.79 Å². The molecule has 90 valence electrons. The Morgan fingerprint density at radius 1 is 1.62 bits per heavy atom. The molecule has 0 bridgehead atoms. The summed E-state index contributed by atoms with van der Waals surface area (Å²) < 4.78 is 2.14. The van der Waals surface area contributed by atoms with E-state index >= 15 is 0 Å². The van der Waals surface area contributed by atoms with Crippen LogP contribution in [-0.4, -0.2) is 22.0 Å². The molecule has 1 aromatic heterocycles. The van der Waals surface area contributed by atoms with Gasteiger partial charge in [0.15, 0.2) is 0 Å². The van der Waals surface area contributed by atoms with E-state index in [1.54, 1.807) is 0 Å². The molecule has 0 saturated carbocycles. The van der Waals surface area contributed by atoms with Crippen LogP contribution < -0.4 is 11.1 Å². The highest BCUT2D eigenvalue weighted by atomic mass is 16.1. The molecule has 0 spiro atoms. The molecule has 0 radical (unpaired) electrons. The van der Waals surface area contributed by atoms with Crippen molar-refractivity contribution in [2.45, 2.75) is 39.3 Å². The Morgan fingerprint density at radius 3 is 3.12 bits per heavy atom. The number of hydrogen-bond acceptors (Lipinski definition) is 3. The first kappa shape index (κ1) is 12.7. The normalized spacial score (nSPS) is 10.6. The highest BCUT2D eigenvalue weighted by Gasteiger charge is 2.00. The SMILES string of the molecule is CCCn1cncc1CNCCCC(N)=O. The molecule has 0 fully saturated rings. The topological polar surface area (TPSA) is 72.9 Å². The molecule has 5 heteroatoms. The van der Waals surface area contributed by atoms with Crippen LogP contribution in [0.1, 0.15) is 31.9 Å². The summed E-state index contributed by atoms with van der Waals surface area (Å²) in [6, 6.07) is 0. The van der Waals surface area contributed by atoms with Gasteiger partial charge in [-0.1, -0.05) is 6.92 Å². The summed E-state index contributed by atoms with van der Waals surface area (Å²) in [4.78, 5) is 14.6. The van der Waals surface area contributed by atoms with Crippen molar-refractivity contribution in [2.75, 3.05) is 6.54 Å². The van der Waals surface area contributed by atoms with Crippen LogP contribution in [0.25, 0.3) is 0 Å². The number of rotatable bonds is 8. The van der Waals surface area contributed by atoms with Gasteiger partial charge in [-0.25, -0.2) is 4.98 Å². The van der Waals surface area contributed by atoms with Crippen LogP contribution in [-0.2, 0) is 17.9 Å². The van der Waals surface area contributed by atoms with Gasteiger partial charge in [-0.05, 0) is 19.4 Å². The molecule has 0 aromatic carbocycles. The number of hydrogen-bond donors (Lipinski definition) is 2. The maximum atomic E-state index is 10.5. The molecule has 16 heavy (non-hydrogen) atoms. The van der Waals surface area contributed by atoms with Crippen LogP contribution in [0.2, 0.25) is 0 Å².